The van der Waals surface area contributed by atoms with E-state index in [0.717, 1.165) is 48.8 Å². The Bertz CT molecular complexity index is 1310. The fourth-order valence-electron chi connectivity index (χ4n) is 4.03. The molecule has 0 bridgehead atoms. The number of nitrogens with zero attached hydrogens (tertiary/aromatic N) is 5. The average molecular weight is 438 g/mol. The van der Waals surface area contributed by atoms with Crippen molar-refractivity contribution >= 4 is 22.8 Å². The summed E-state index contributed by atoms with van der Waals surface area (Å²) in [7, 11) is 0. The summed E-state index contributed by atoms with van der Waals surface area (Å²) >= 11 is 0. The molecule has 32 heavy (non-hydrogen) atoms. The van der Waals surface area contributed by atoms with Crippen LogP contribution < -0.4 is 10.6 Å². The molecular weight excluding hydrogens is 417 g/mol. The van der Waals surface area contributed by atoms with Crippen LogP contribution in [0, 0.1) is 23.4 Å². The van der Waals surface area contributed by atoms with Gasteiger partial charge in [-0.05, 0) is 43.0 Å². The van der Waals surface area contributed by atoms with E-state index in [9.17, 15) is 13.2 Å². The van der Waals surface area contributed by atoms with E-state index in [1.807, 2.05) is 0 Å². The van der Waals surface area contributed by atoms with E-state index < -0.39 is 17.5 Å². The largest absolute Gasteiger partial charge is 0.383 e. The summed E-state index contributed by atoms with van der Waals surface area (Å²) < 4.78 is 43.4. The van der Waals surface area contributed by atoms with Crippen LogP contribution in [0.15, 0.2) is 42.5 Å². The molecule has 0 atom stereocenters. The van der Waals surface area contributed by atoms with Gasteiger partial charge in [0.2, 0.25) is 5.95 Å². The van der Waals surface area contributed by atoms with Crippen molar-refractivity contribution in [3.63, 3.8) is 0 Å². The lowest BCUT2D eigenvalue weighted by Gasteiger charge is -2.30. The van der Waals surface area contributed by atoms with Crippen LogP contribution in [0.5, 0.6) is 0 Å². The topological polar surface area (TPSA) is 72.9 Å². The van der Waals surface area contributed by atoms with Crippen molar-refractivity contribution in [2.75, 3.05) is 23.7 Å². The number of nitrogens with two attached hydrogens (primary N) is 1. The van der Waals surface area contributed by atoms with Crippen LogP contribution in [0.3, 0.4) is 0 Å². The van der Waals surface area contributed by atoms with E-state index in [4.69, 9.17) is 10.7 Å². The van der Waals surface area contributed by atoms with E-state index in [-0.39, 0.29) is 17.2 Å². The first kappa shape index (κ1) is 20.3. The summed E-state index contributed by atoms with van der Waals surface area (Å²) in [5.74, 6) is -0.625. The minimum Gasteiger partial charge on any atom is -0.383 e. The minimum atomic E-state index is -0.684. The molecule has 1 aliphatic rings. The van der Waals surface area contributed by atoms with Crippen LogP contribution >= 0.6 is 0 Å². The van der Waals surface area contributed by atoms with E-state index in [1.54, 1.807) is 12.1 Å². The highest BCUT2D eigenvalue weighted by molar-refractivity contribution is 5.99. The van der Waals surface area contributed by atoms with Gasteiger partial charge in [0.05, 0.1) is 11.1 Å². The summed E-state index contributed by atoms with van der Waals surface area (Å²) in [6.45, 7) is 3.77. The summed E-state index contributed by atoms with van der Waals surface area (Å²) in [6, 6.07) is 9.02. The van der Waals surface area contributed by atoms with Crippen molar-refractivity contribution in [2.24, 2.45) is 5.92 Å². The molecule has 5 rings (SSSR count). The van der Waals surface area contributed by atoms with Crippen LogP contribution in [-0.2, 0) is 0 Å². The van der Waals surface area contributed by atoms with Gasteiger partial charge in [-0.1, -0.05) is 19.1 Å². The number of aromatic nitrogens is 4. The highest BCUT2D eigenvalue weighted by atomic mass is 19.1. The number of benzene rings is 2. The quantitative estimate of drug-likeness (QED) is 0.501. The number of piperidine rings is 1. The molecule has 2 aromatic carbocycles. The van der Waals surface area contributed by atoms with E-state index >= 15 is 0 Å². The van der Waals surface area contributed by atoms with Crippen molar-refractivity contribution in [3.05, 3.63) is 59.9 Å². The lowest BCUT2D eigenvalue weighted by atomic mass is 9.99. The molecule has 3 heterocycles. The zero-order chi connectivity index (χ0) is 22.4. The Morgan fingerprint density at radius 2 is 1.72 bits per heavy atom. The van der Waals surface area contributed by atoms with Crippen LogP contribution in [0.4, 0.5) is 24.9 Å². The first-order valence-corrected chi connectivity index (χ1v) is 10.4. The molecule has 2 aromatic heterocycles. The molecule has 0 saturated carbocycles. The van der Waals surface area contributed by atoms with Crippen molar-refractivity contribution < 1.29 is 13.2 Å². The second-order valence-electron chi connectivity index (χ2n) is 8.14. The molecule has 164 valence electrons. The third kappa shape index (κ3) is 3.53. The molecular formula is C23H21F3N6. The Labute approximate surface area is 182 Å². The van der Waals surface area contributed by atoms with Gasteiger partial charge in [-0.2, -0.15) is 4.98 Å². The highest BCUT2D eigenvalue weighted by Crippen LogP contribution is 2.35. The third-order valence-electron chi connectivity index (χ3n) is 5.86. The molecule has 1 aliphatic heterocycles. The standard InChI is InChI=1S/C23H21F3N6/c1-13-7-9-31(10-8-13)23-28-20(14-3-2-4-15(24)11-14)19-21(27)32(30-22(19)29-23)18-12-16(25)5-6-17(18)26/h2-6,11-13H,7-10,27H2,1H3. The summed E-state index contributed by atoms with van der Waals surface area (Å²) in [5.41, 5.74) is 7.32. The van der Waals surface area contributed by atoms with Crippen molar-refractivity contribution in [1.82, 2.24) is 19.7 Å². The Kier molecular flexibility index (Phi) is 4.96. The highest BCUT2D eigenvalue weighted by Gasteiger charge is 2.24. The van der Waals surface area contributed by atoms with E-state index in [0.29, 0.717) is 28.5 Å². The zero-order valence-electron chi connectivity index (χ0n) is 17.4. The second kappa shape index (κ2) is 7.81. The van der Waals surface area contributed by atoms with Gasteiger partial charge in [0.1, 0.15) is 29.0 Å². The number of rotatable bonds is 3. The van der Waals surface area contributed by atoms with Gasteiger partial charge < -0.3 is 10.6 Å². The smallest absolute Gasteiger partial charge is 0.228 e. The lowest BCUT2D eigenvalue weighted by Crippen LogP contribution is -2.34. The lowest BCUT2D eigenvalue weighted by molar-refractivity contribution is 0.435. The maximum atomic E-state index is 14.5. The minimum absolute atomic E-state index is 0.0441. The van der Waals surface area contributed by atoms with Crippen molar-refractivity contribution in [2.45, 2.75) is 19.8 Å². The first-order chi connectivity index (χ1) is 15.4. The van der Waals surface area contributed by atoms with E-state index in [1.165, 1.54) is 12.1 Å². The Hall–Kier alpha value is -3.62. The van der Waals surface area contributed by atoms with Gasteiger partial charge in [-0.15, -0.1) is 5.10 Å². The van der Waals surface area contributed by atoms with Crippen molar-refractivity contribution in [3.8, 4) is 16.9 Å². The molecule has 0 spiro atoms. The molecule has 2 N–H and O–H groups in total. The number of halogens is 3. The van der Waals surface area contributed by atoms with Gasteiger partial charge in [-0.3, -0.25) is 0 Å². The predicted octanol–water partition coefficient (Wildman–Crippen LogP) is 4.72. The van der Waals surface area contributed by atoms with Gasteiger partial charge >= 0.3 is 0 Å². The predicted molar refractivity (Wildman–Crippen MR) is 117 cm³/mol. The number of hydrogen-bond donors (Lipinski definition) is 1. The first-order valence-electron chi connectivity index (χ1n) is 10.4. The van der Waals surface area contributed by atoms with Gasteiger partial charge in [0, 0.05) is 24.7 Å². The maximum Gasteiger partial charge on any atom is 0.228 e. The summed E-state index contributed by atoms with van der Waals surface area (Å²) in [6.07, 6.45) is 2.00. The molecule has 0 amide bonds. The molecule has 9 heteroatoms. The number of anilines is 2. The normalized spacial score (nSPS) is 14.9. The van der Waals surface area contributed by atoms with Gasteiger partial charge in [-0.25, -0.2) is 22.8 Å². The zero-order valence-corrected chi connectivity index (χ0v) is 17.4. The third-order valence-corrected chi connectivity index (χ3v) is 5.86. The van der Waals surface area contributed by atoms with Crippen molar-refractivity contribution in [1.29, 1.82) is 0 Å². The molecule has 0 unspecified atom stereocenters. The maximum absolute atomic E-state index is 14.5. The second-order valence-corrected chi connectivity index (χ2v) is 8.14. The Morgan fingerprint density at radius 3 is 2.47 bits per heavy atom. The monoisotopic (exact) mass is 438 g/mol. The fraction of sp³-hybridized carbons (Fsp3) is 0.261. The van der Waals surface area contributed by atoms with Crippen LogP contribution in [0.25, 0.3) is 28.0 Å². The number of nitrogen functional groups attached to an aromatic ring is 1. The number of fused-ring (bicyclic) bond motifs is 1. The van der Waals surface area contributed by atoms with Crippen LogP contribution in [0.2, 0.25) is 0 Å². The summed E-state index contributed by atoms with van der Waals surface area (Å²) in [4.78, 5) is 11.4. The van der Waals surface area contributed by atoms with Gasteiger partial charge in [0.15, 0.2) is 5.65 Å². The Balaban J connectivity index is 1.74. The van der Waals surface area contributed by atoms with Crippen LogP contribution in [0.1, 0.15) is 19.8 Å². The molecule has 6 nitrogen and oxygen atoms in total. The molecule has 1 fully saturated rings. The fourth-order valence-corrected chi connectivity index (χ4v) is 4.03. The van der Waals surface area contributed by atoms with Gasteiger partial charge in [0.25, 0.3) is 0 Å². The molecule has 4 aromatic rings. The SMILES string of the molecule is CC1CCN(c2nc(-c3cccc(F)c3)c3c(N)n(-c4cc(F)ccc4F)nc3n2)CC1. The van der Waals surface area contributed by atoms with E-state index in [2.05, 4.69) is 21.9 Å². The molecule has 0 radical (unpaired) electrons. The molecule has 1 saturated heterocycles. The summed E-state index contributed by atoms with van der Waals surface area (Å²) in [5, 5.41) is 4.73. The Morgan fingerprint density at radius 1 is 0.969 bits per heavy atom. The number of hydrogen-bond acceptors (Lipinski definition) is 5. The molecule has 0 aliphatic carbocycles. The average Bonchev–Trinajstić information content (AvgIpc) is 3.11. The van der Waals surface area contributed by atoms with Crippen LogP contribution in [-0.4, -0.2) is 32.8 Å².